The normalized spacial score (nSPS) is 19.9. The molecule has 1 N–H and O–H groups in total. The molecule has 78 valence electrons. The van der Waals surface area contributed by atoms with Gasteiger partial charge in [-0.3, -0.25) is 0 Å². The fraction of sp³-hybridized carbons (Fsp3) is 0.778. The first-order chi connectivity index (χ1) is 6.74. The Morgan fingerprint density at radius 3 is 2.71 bits per heavy atom. The second kappa shape index (κ2) is 4.23. The van der Waals surface area contributed by atoms with E-state index in [9.17, 15) is 0 Å². The van der Waals surface area contributed by atoms with Gasteiger partial charge >= 0.3 is 0 Å². The fourth-order valence-corrected chi connectivity index (χ4v) is 2.33. The van der Waals surface area contributed by atoms with Gasteiger partial charge in [-0.15, -0.1) is 0 Å². The molecule has 2 rings (SSSR count). The van der Waals surface area contributed by atoms with Gasteiger partial charge in [-0.05, 0) is 39.9 Å². The second-order valence-corrected chi connectivity index (χ2v) is 4.62. The van der Waals surface area contributed by atoms with E-state index in [2.05, 4.69) is 26.6 Å². The summed E-state index contributed by atoms with van der Waals surface area (Å²) in [5.74, 6) is 0.866. The number of aromatic nitrogens is 2. The Labute approximate surface area is 88.5 Å². The Bertz CT molecular complexity index is 291. The van der Waals surface area contributed by atoms with Gasteiger partial charge in [0.1, 0.15) is 5.82 Å². The Morgan fingerprint density at radius 2 is 2.14 bits per heavy atom. The number of piperidine rings is 1. The largest absolute Gasteiger partial charge is 0.357 e. The van der Waals surface area contributed by atoms with Crippen LogP contribution in [0, 0.1) is 6.92 Å². The van der Waals surface area contributed by atoms with Crippen LogP contribution in [0.25, 0.3) is 0 Å². The fourth-order valence-electron chi connectivity index (χ4n) is 1.68. The maximum absolute atomic E-state index is 4.31. The van der Waals surface area contributed by atoms with Crippen molar-refractivity contribution in [1.82, 2.24) is 14.3 Å². The molecule has 0 amide bonds. The highest BCUT2D eigenvalue weighted by Crippen LogP contribution is 2.17. The molecule has 14 heavy (non-hydrogen) atoms. The predicted molar refractivity (Wildman–Crippen MR) is 58.8 cm³/mol. The highest BCUT2D eigenvalue weighted by molar-refractivity contribution is 7.09. The molecule has 1 aromatic heterocycles. The number of anilines is 1. The molecule has 0 radical (unpaired) electrons. The van der Waals surface area contributed by atoms with Crippen LogP contribution in [0.5, 0.6) is 0 Å². The van der Waals surface area contributed by atoms with Crippen LogP contribution in [-0.4, -0.2) is 40.4 Å². The summed E-state index contributed by atoms with van der Waals surface area (Å²) in [4.78, 5) is 6.67. The van der Waals surface area contributed by atoms with E-state index in [0.29, 0.717) is 6.04 Å². The lowest BCUT2D eigenvalue weighted by atomic mass is 10.1. The van der Waals surface area contributed by atoms with Crippen LogP contribution in [0.3, 0.4) is 0 Å². The molecule has 0 spiro atoms. The van der Waals surface area contributed by atoms with Crippen molar-refractivity contribution < 1.29 is 0 Å². The van der Waals surface area contributed by atoms with Crippen LogP contribution in [-0.2, 0) is 0 Å². The van der Waals surface area contributed by atoms with Gasteiger partial charge in [0.05, 0.1) is 0 Å². The molecule has 1 aliphatic rings. The minimum absolute atomic E-state index is 0.582. The second-order valence-electron chi connectivity index (χ2n) is 3.87. The summed E-state index contributed by atoms with van der Waals surface area (Å²) in [6, 6.07) is 0.582. The van der Waals surface area contributed by atoms with Crippen LogP contribution in [0.2, 0.25) is 0 Å². The Morgan fingerprint density at radius 1 is 1.43 bits per heavy atom. The van der Waals surface area contributed by atoms with Crippen molar-refractivity contribution in [3.8, 4) is 0 Å². The summed E-state index contributed by atoms with van der Waals surface area (Å²) in [5, 5.41) is 4.41. The maximum Gasteiger partial charge on any atom is 0.202 e. The molecule has 0 atom stereocenters. The summed E-state index contributed by atoms with van der Waals surface area (Å²) in [6.07, 6.45) is 2.41. The SMILES string of the molecule is Cc1nsc(NC2CCN(C)CC2)n1. The van der Waals surface area contributed by atoms with Crippen LogP contribution in [0.15, 0.2) is 0 Å². The lowest BCUT2D eigenvalue weighted by molar-refractivity contribution is 0.264. The lowest BCUT2D eigenvalue weighted by Gasteiger charge is -2.29. The first-order valence-electron chi connectivity index (χ1n) is 4.99. The van der Waals surface area contributed by atoms with E-state index < -0.39 is 0 Å². The van der Waals surface area contributed by atoms with Crippen molar-refractivity contribution in [2.45, 2.75) is 25.8 Å². The molecule has 2 heterocycles. The Balaban J connectivity index is 1.86. The van der Waals surface area contributed by atoms with E-state index in [-0.39, 0.29) is 0 Å². The van der Waals surface area contributed by atoms with Gasteiger partial charge in [0.25, 0.3) is 0 Å². The lowest BCUT2D eigenvalue weighted by Crippen LogP contribution is -2.36. The smallest absolute Gasteiger partial charge is 0.202 e. The number of nitrogens with zero attached hydrogens (tertiary/aromatic N) is 3. The summed E-state index contributed by atoms with van der Waals surface area (Å²) in [7, 11) is 2.17. The van der Waals surface area contributed by atoms with Crippen molar-refractivity contribution in [3.05, 3.63) is 5.82 Å². The van der Waals surface area contributed by atoms with Gasteiger partial charge in [0.15, 0.2) is 0 Å². The zero-order chi connectivity index (χ0) is 9.97. The van der Waals surface area contributed by atoms with E-state index in [0.717, 1.165) is 11.0 Å². The molecule has 0 saturated carbocycles. The van der Waals surface area contributed by atoms with Crippen LogP contribution >= 0.6 is 11.5 Å². The van der Waals surface area contributed by atoms with Crippen molar-refractivity contribution in [3.63, 3.8) is 0 Å². The first kappa shape index (κ1) is 9.86. The molecule has 0 aromatic carbocycles. The molecular formula is C9H16N4S. The van der Waals surface area contributed by atoms with Gasteiger partial charge in [0, 0.05) is 17.6 Å². The average Bonchev–Trinajstić information content (AvgIpc) is 2.56. The quantitative estimate of drug-likeness (QED) is 0.803. The molecule has 1 saturated heterocycles. The predicted octanol–water partition coefficient (Wildman–Crippen LogP) is 1.35. The summed E-state index contributed by atoms with van der Waals surface area (Å²) in [5.41, 5.74) is 0. The first-order valence-corrected chi connectivity index (χ1v) is 5.77. The topological polar surface area (TPSA) is 41.1 Å². The summed E-state index contributed by atoms with van der Waals surface area (Å²) in [6.45, 7) is 4.28. The molecule has 4 nitrogen and oxygen atoms in total. The van der Waals surface area contributed by atoms with Gasteiger partial charge in [0.2, 0.25) is 5.13 Å². The average molecular weight is 212 g/mol. The van der Waals surface area contributed by atoms with Crippen molar-refractivity contribution in [1.29, 1.82) is 0 Å². The monoisotopic (exact) mass is 212 g/mol. The Kier molecular flexibility index (Phi) is 2.98. The van der Waals surface area contributed by atoms with Gasteiger partial charge in [-0.2, -0.15) is 4.37 Å². The molecule has 0 unspecified atom stereocenters. The molecule has 1 aliphatic heterocycles. The minimum Gasteiger partial charge on any atom is -0.357 e. The standard InChI is InChI=1S/C9H16N4S/c1-7-10-9(14-12-7)11-8-3-5-13(2)6-4-8/h8H,3-6H2,1-2H3,(H,10,11,12). The molecule has 1 fully saturated rings. The number of nitrogens with one attached hydrogen (secondary N) is 1. The number of rotatable bonds is 2. The zero-order valence-electron chi connectivity index (χ0n) is 8.66. The van der Waals surface area contributed by atoms with Gasteiger partial charge < -0.3 is 10.2 Å². The molecule has 1 aromatic rings. The third kappa shape index (κ3) is 2.42. The third-order valence-corrected chi connectivity index (χ3v) is 3.31. The van der Waals surface area contributed by atoms with Gasteiger partial charge in [-0.1, -0.05) is 0 Å². The van der Waals surface area contributed by atoms with Crippen LogP contribution in [0.4, 0.5) is 5.13 Å². The highest BCUT2D eigenvalue weighted by atomic mass is 32.1. The van der Waals surface area contributed by atoms with Gasteiger partial charge in [-0.25, -0.2) is 4.98 Å². The Hall–Kier alpha value is -0.680. The van der Waals surface area contributed by atoms with Crippen molar-refractivity contribution in [2.75, 3.05) is 25.5 Å². The van der Waals surface area contributed by atoms with E-state index in [4.69, 9.17) is 0 Å². The van der Waals surface area contributed by atoms with Crippen molar-refractivity contribution >= 4 is 16.7 Å². The molecular weight excluding hydrogens is 196 g/mol. The maximum atomic E-state index is 4.31. The minimum atomic E-state index is 0.582. The van der Waals surface area contributed by atoms with E-state index in [1.807, 2.05) is 6.92 Å². The summed E-state index contributed by atoms with van der Waals surface area (Å²) < 4.78 is 4.15. The highest BCUT2D eigenvalue weighted by Gasteiger charge is 2.17. The van der Waals surface area contributed by atoms with E-state index in [1.54, 1.807) is 0 Å². The number of aryl methyl sites for hydroxylation is 1. The van der Waals surface area contributed by atoms with E-state index in [1.165, 1.54) is 37.5 Å². The zero-order valence-corrected chi connectivity index (χ0v) is 9.47. The third-order valence-electron chi connectivity index (χ3n) is 2.57. The molecule has 0 bridgehead atoms. The van der Waals surface area contributed by atoms with Crippen molar-refractivity contribution in [2.24, 2.45) is 0 Å². The van der Waals surface area contributed by atoms with Crippen LogP contribution < -0.4 is 5.32 Å². The van der Waals surface area contributed by atoms with E-state index >= 15 is 0 Å². The number of likely N-dealkylation sites (tertiary alicyclic amines) is 1. The number of hydrogen-bond acceptors (Lipinski definition) is 5. The number of hydrogen-bond donors (Lipinski definition) is 1. The molecule has 5 heteroatoms. The molecule has 0 aliphatic carbocycles. The van der Waals surface area contributed by atoms with Crippen LogP contribution in [0.1, 0.15) is 18.7 Å². The summed E-state index contributed by atoms with van der Waals surface area (Å²) >= 11 is 1.46.